The van der Waals surface area contributed by atoms with Gasteiger partial charge in [-0.3, -0.25) is 9.59 Å². The third kappa shape index (κ3) is 5.07. The number of hydrogen-bond donors (Lipinski definition) is 2. The first-order chi connectivity index (χ1) is 17.0. The molecule has 2 amide bonds. The summed E-state index contributed by atoms with van der Waals surface area (Å²) in [6, 6.07) is 16.2. The number of amides is 2. The van der Waals surface area contributed by atoms with Crippen LogP contribution in [0.5, 0.6) is 5.75 Å². The van der Waals surface area contributed by atoms with Gasteiger partial charge in [-0.15, -0.1) is 0 Å². The molecule has 1 fully saturated rings. The minimum absolute atomic E-state index is 0.0365. The van der Waals surface area contributed by atoms with Crippen LogP contribution in [0.3, 0.4) is 0 Å². The first kappa shape index (κ1) is 22.7. The van der Waals surface area contributed by atoms with Gasteiger partial charge in [0.25, 0.3) is 5.91 Å². The Balaban J connectivity index is 1.19. The average molecular weight is 490 g/mol. The fourth-order valence-electron chi connectivity index (χ4n) is 4.02. The van der Waals surface area contributed by atoms with Crippen molar-refractivity contribution in [1.82, 2.24) is 14.7 Å². The Labute approximate surface area is 207 Å². The highest BCUT2D eigenvalue weighted by atomic mass is 35.5. The van der Waals surface area contributed by atoms with Crippen molar-refractivity contribution in [2.24, 2.45) is 0 Å². The van der Waals surface area contributed by atoms with Crippen LogP contribution in [0.1, 0.15) is 21.6 Å². The Kier molecular flexibility index (Phi) is 6.29. The van der Waals surface area contributed by atoms with Crippen molar-refractivity contribution in [2.75, 3.05) is 29.9 Å². The Hall–Kier alpha value is -4.04. The molecule has 3 heterocycles. The van der Waals surface area contributed by atoms with Crippen LogP contribution in [0.4, 0.5) is 11.4 Å². The number of halogens is 1. The lowest BCUT2D eigenvalue weighted by molar-refractivity contribution is -0.120. The first-order valence-corrected chi connectivity index (χ1v) is 11.6. The van der Waals surface area contributed by atoms with E-state index in [1.165, 1.54) is 0 Å². The number of rotatable bonds is 6. The summed E-state index contributed by atoms with van der Waals surface area (Å²) < 4.78 is 7.83. The van der Waals surface area contributed by atoms with Gasteiger partial charge in [-0.25, -0.2) is 4.98 Å². The second-order valence-electron chi connectivity index (χ2n) is 8.36. The number of hydrogen-bond acceptors (Lipinski definition) is 5. The van der Waals surface area contributed by atoms with E-state index in [0.29, 0.717) is 41.7 Å². The number of carbonyl (C=O) groups excluding carboxylic acids is 2. The van der Waals surface area contributed by atoms with Crippen molar-refractivity contribution in [3.8, 4) is 5.75 Å². The van der Waals surface area contributed by atoms with Gasteiger partial charge in [0.2, 0.25) is 5.91 Å². The maximum atomic E-state index is 12.7. The number of piperazine rings is 1. The van der Waals surface area contributed by atoms with E-state index >= 15 is 0 Å². The topological polar surface area (TPSA) is 88.0 Å². The Morgan fingerprint density at radius 1 is 1.20 bits per heavy atom. The Bertz CT molecular complexity index is 1400. The molecule has 2 N–H and O–H groups in total. The monoisotopic (exact) mass is 489 g/mol. The Morgan fingerprint density at radius 2 is 2.03 bits per heavy atom. The number of benzene rings is 2. The molecule has 2 aromatic heterocycles. The lowest BCUT2D eigenvalue weighted by Crippen LogP contribution is -2.47. The molecule has 5 rings (SSSR count). The number of nitrogens with one attached hydrogen (secondary N) is 2. The van der Waals surface area contributed by atoms with E-state index in [1.807, 2.05) is 46.8 Å². The number of carbonyl (C=O) groups is 2. The smallest absolute Gasteiger partial charge is 0.255 e. The average Bonchev–Trinajstić information content (AvgIpc) is 3.28. The molecule has 0 radical (unpaired) electrons. The van der Waals surface area contributed by atoms with Gasteiger partial charge in [0, 0.05) is 36.7 Å². The minimum Gasteiger partial charge on any atom is -0.487 e. The van der Waals surface area contributed by atoms with Gasteiger partial charge in [0.1, 0.15) is 18.0 Å². The van der Waals surface area contributed by atoms with E-state index in [9.17, 15) is 9.59 Å². The van der Waals surface area contributed by atoms with Crippen molar-refractivity contribution in [3.63, 3.8) is 0 Å². The highest BCUT2D eigenvalue weighted by Crippen LogP contribution is 2.29. The summed E-state index contributed by atoms with van der Waals surface area (Å²) in [7, 11) is 0. The molecule has 8 nitrogen and oxygen atoms in total. The molecule has 1 saturated heterocycles. The maximum absolute atomic E-state index is 12.7. The number of aryl methyl sites for hydroxylation is 1. The summed E-state index contributed by atoms with van der Waals surface area (Å²) in [6.45, 7) is 3.87. The van der Waals surface area contributed by atoms with Gasteiger partial charge in [-0.1, -0.05) is 17.7 Å². The molecule has 9 heteroatoms. The van der Waals surface area contributed by atoms with Crippen LogP contribution >= 0.6 is 11.6 Å². The van der Waals surface area contributed by atoms with Crippen LogP contribution in [0.15, 0.2) is 67.0 Å². The summed E-state index contributed by atoms with van der Waals surface area (Å²) in [5, 5.41) is 6.13. The van der Waals surface area contributed by atoms with E-state index in [-0.39, 0.29) is 18.4 Å². The van der Waals surface area contributed by atoms with Gasteiger partial charge >= 0.3 is 0 Å². The van der Waals surface area contributed by atoms with Crippen molar-refractivity contribution >= 4 is 40.4 Å². The van der Waals surface area contributed by atoms with Gasteiger partial charge in [-0.2, -0.15) is 0 Å². The van der Waals surface area contributed by atoms with Crippen molar-refractivity contribution < 1.29 is 14.3 Å². The molecule has 0 unspecified atom stereocenters. The Morgan fingerprint density at radius 3 is 2.77 bits per heavy atom. The minimum atomic E-state index is -0.256. The molecule has 0 spiro atoms. The molecular weight excluding hydrogens is 466 g/mol. The zero-order valence-corrected chi connectivity index (χ0v) is 19.9. The van der Waals surface area contributed by atoms with Gasteiger partial charge < -0.3 is 24.7 Å². The van der Waals surface area contributed by atoms with E-state index in [1.54, 1.807) is 36.4 Å². The SMILES string of the molecule is Cc1cccn2cc(COc3ccc(C(=O)Nc4ccc(N5CCNC(=O)C5)c(Cl)c4)cc3)nc12. The summed E-state index contributed by atoms with van der Waals surface area (Å²) in [5.74, 6) is 0.354. The molecule has 0 saturated carbocycles. The van der Waals surface area contributed by atoms with Crippen molar-refractivity contribution in [3.05, 3.63) is 88.8 Å². The summed E-state index contributed by atoms with van der Waals surface area (Å²) >= 11 is 6.43. The van der Waals surface area contributed by atoms with Crippen molar-refractivity contribution in [2.45, 2.75) is 13.5 Å². The number of nitrogens with zero attached hydrogens (tertiary/aromatic N) is 3. The molecule has 178 valence electrons. The maximum Gasteiger partial charge on any atom is 0.255 e. The molecule has 0 bridgehead atoms. The predicted octanol–water partition coefficient (Wildman–Crippen LogP) is 4.06. The zero-order valence-electron chi connectivity index (χ0n) is 19.1. The lowest BCUT2D eigenvalue weighted by Gasteiger charge is -2.29. The van der Waals surface area contributed by atoms with Crippen LogP contribution < -0.4 is 20.3 Å². The van der Waals surface area contributed by atoms with Crippen LogP contribution in [-0.2, 0) is 11.4 Å². The molecule has 1 aliphatic heterocycles. The highest BCUT2D eigenvalue weighted by molar-refractivity contribution is 6.33. The van der Waals surface area contributed by atoms with Crippen LogP contribution in [0.25, 0.3) is 5.65 Å². The second-order valence-corrected chi connectivity index (χ2v) is 8.77. The first-order valence-electron chi connectivity index (χ1n) is 11.2. The lowest BCUT2D eigenvalue weighted by atomic mass is 10.2. The van der Waals surface area contributed by atoms with Gasteiger partial charge in [0.15, 0.2) is 0 Å². The fraction of sp³-hybridized carbons (Fsp3) is 0.192. The fourth-order valence-corrected chi connectivity index (χ4v) is 4.32. The summed E-state index contributed by atoms with van der Waals surface area (Å²) in [4.78, 5) is 30.9. The van der Waals surface area contributed by atoms with Crippen LogP contribution in [0, 0.1) is 6.92 Å². The quantitative estimate of drug-likeness (QED) is 0.426. The highest BCUT2D eigenvalue weighted by Gasteiger charge is 2.19. The number of ether oxygens (including phenoxy) is 1. The van der Waals surface area contributed by atoms with Crippen LogP contribution in [0.2, 0.25) is 5.02 Å². The summed E-state index contributed by atoms with van der Waals surface area (Å²) in [6.07, 6.45) is 3.90. The molecule has 2 aromatic carbocycles. The molecule has 35 heavy (non-hydrogen) atoms. The number of pyridine rings is 1. The second kappa shape index (κ2) is 9.68. The molecule has 0 atom stereocenters. The van der Waals surface area contributed by atoms with Gasteiger partial charge in [-0.05, 0) is 61.0 Å². The number of imidazole rings is 1. The van der Waals surface area contributed by atoms with Crippen molar-refractivity contribution in [1.29, 1.82) is 0 Å². The number of aromatic nitrogens is 2. The van der Waals surface area contributed by atoms with E-state index in [0.717, 1.165) is 22.6 Å². The van der Waals surface area contributed by atoms with E-state index in [2.05, 4.69) is 15.6 Å². The molecule has 0 aliphatic carbocycles. The molecule has 1 aliphatic rings. The summed E-state index contributed by atoms with van der Waals surface area (Å²) in [5.41, 5.74) is 4.67. The largest absolute Gasteiger partial charge is 0.487 e. The number of anilines is 2. The predicted molar refractivity (Wildman–Crippen MR) is 135 cm³/mol. The molecular formula is C26H24ClN5O3. The third-order valence-electron chi connectivity index (χ3n) is 5.82. The van der Waals surface area contributed by atoms with E-state index in [4.69, 9.17) is 16.3 Å². The third-order valence-corrected chi connectivity index (χ3v) is 6.12. The van der Waals surface area contributed by atoms with Crippen LogP contribution in [-0.4, -0.2) is 40.8 Å². The normalized spacial score (nSPS) is 13.5. The standard InChI is InChI=1S/C26H24ClN5O3/c1-17-3-2-11-32-14-20(29-25(17)32)16-35-21-7-4-18(5-8-21)26(34)30-19-6-9-23(22(27)13-19)31-12-10-28-24(33)15-31/h2-9,11,13-14H,10,12,15-16H2,1H3,(H,28,33)(H,30,34). The zero-order chi connectivity index (χ0) is 24.4. The van der Waals surface area contributed by atoms with Gasteiger partial charge in [0.05, 0.1) is 22.9 Å². The number of fused-ring (bicyclic) bond motifs is 1. The van der Waals surface area contributed by atoms with E-state index < -0.39 is 0 Å². The molecule has 4 aromatic rings.